The first-order valence-corrected chi connectivity index (χ1v) is 14.0. The summed E-state index contributed by atoms with van der Waals surface area (Å²) in [6.07, 6.45) is 9.07. The monoisotopic (exact) mass is 513 g/mol. The van der Waals surface area contributed by atoms with E-state index in [2.05, 4.69) is 155 Å². The van der Waals surface area contributed by atoms with Crippen LogP contribution in [0.4, 0.5) is 11.4 Å². The lowest BCUT2D eigenvalue weighted by atomic mass is 9.91. The summed E-state index contributed by atoms with van der Waals surface area (Å²) in [6.45, 7) is 0. The van der Waals surface area contributed by atoms with Gasteiger partial charge in [-0.3, -0.25) is 0 Å². The van der Waals surface area contributed by atoms with Gasteiger partial charge >= 0.3 is 0 Å². The largest absolute Gasteiger partial charge is 0.344 e. The van der Waals surface area contributed by atoms with E-state index in [0.717, 1.165) is 0 Å². The second kappa shape index (κ2) is 8.00. The van der Waals surface area contributed by atoms with Gasteiger partial charge in [0.15, 0.2) is 0 Å². The highest BCUT2D eigenvalue weighted by molar-refractivity contribution is 6.12. The molecule has 0 amide bonds. The summed E-state index contributed by atoms with van der Waals surface area (Å²) < 4.78 is 4.74. The average Bonchev–Trinajstić information content (AvgIpc) is 3.63. The summed E-state index contributed by atoms with van der Waals surface area (Å²) in [5.41, 5.74) is 10.1. The van der Waals surface area contributed by atoms with E-state index in [4.69, 9.17) is 0 Å². The standard InChI is InChI=1S/C37H27N3/c1-38-32-20-18-24(39-34-14-6-2-10-26(34)27-11-3-7-15-35(27)39)22-30(32)31-23-25(19-21-33(31)38)40-36-16-8-4-12-28(36)29-13-5-9-17-37(29)40/h2-23,26,34H,1H3. The molecule has 0 spiro atoms. The molecule has 0 saturated heterocycles. The van der Waals surface area contributed by atoms with E-state index in [0.29, 0.717) is 12.0 Å². The zero-order chi connectivity index (χ0) is 26.4. The molecule has 2 unspecified atom stereocenters. The van der Waals surface area contributed by atoms with Crippen molar-refractivity contribution in [3.8, 4) is 5.69 Å². The molecule has 7 aromatic rings. The van der Waals surface area contributed by atoms with E-state index in [9.17, 15) is 0 Å². The van der Waals surface area contributed by atoms with Crippen molar-refractivity contribution in [2.24, 2.45) is 7.05 Å². The predicted molar refractivity (Wildman–Crippen MR) is 168 cm³/mol. The van der Waals surface area contributed by atoms with Crippen LogP contribution in [0.15, 0.2) is 133 Å². The van der Waals surface area contributed by atoms with Crippen molar-refractivity contribution >= 4 is 55.0 Å². The third-order valence-electron chi connectivity index (χ3n) is 9.05. The van der Waals surface area contributed by atoms with Crippen LogP contribution in [0.5, 0.6) is 0 Å². The number of hydrogen-bond acceptors (Lipinski definition) is 1. The molecule has 3 heterocycles. The SMILES string of the molecule is Cn1c2ccc(N3c4ccccc4C4C=CC=CC43)cc2c2cc(-n3c4ccccc4c4ccccc43)ccc21. The van der Waals surface area contributed by atoms with Gasteiger partial charge in [0.2, 0.25) is 0 Å². The predicted octanol–water partition coefficient (Wildman–Crippen LogP) is 9.16. The molecular weight excluding hydrogens is 486 g/mol. The van der Waals surface area contributed by atoms with Crippen molar-refractivity contribution in [2.45, 2.75) is 12.0 Å². The molecule has 1 aliphatic carbocycles. The first-order chi connectivity index (χ1) is 19.8. The van der Waals surface area contributed by atoms with Crippen molar-refractivity contribution in [3.63, 3.8) is 0 Å². The van der Waals surface area contributed by atoms with Gasteiger partial charge in [-0.2, -0.15) is 0 Å². The van der Waals surface area contributed by atoms with Crippen molar-refractivity contribution in [2.75, 3.05) is 4.90 Å². The normalized spacial score (nSPS) is 17.9. The minimum absolute atomic E-state index is 0.294. The van der Waals surface area contributed by atoms with E-state index >= 15 is 0 Å². The third-order valence-corrected chi connectivity index (χ3v) is 9.05. The summed E-state index contributed by atoms with van der Waals surface area (Å²) in [4.78, 5) is 2.52. The fourth-order valence-electron chi connectivity index (χ4n) is 7.27. The molecule has 40 heavy (non-hydrogen) atoms. The minimum atomic E-state index is 0.294. The summed E-state index contributed by atoms with van der Waals surface area (Å²) in [6, 6.07) is 40.5. The molecule has 0 saturated carbocycles. The van der Waals surface area contributed by atoms with Gasteiger partial charge in [0.25, 0.3) is 0 Å². The zero-order valence-corrected chi connectivity index (χ0v) is 22.2. The van der Waals surface area contributed by atoms with Crippen LogP contribution in [0.25, 0.3) is 49.3 Å². The zero-order valence-electron chi connectivity index (χ0n) is 22.2. The molecule has 9 rings (SSSR count). The van der Waals surface area contributed by atoms with Gasteiger partial charge in [-0.15, -0.1) is 0 Å². The number of aromatic nitrogens is 2. The van der Waals surface area contributed by atoms with Crippen LogP contribution in [0.1, 0.15) is 11.5 Å². The first kappa shape index (κ1) is 21.9. The van der Waals surface area contributed by atoms with Crippen molar-refractivity contribution in [3.05, 3.63) is 139 Å². The van der Waals surface area contributed by atoms with Gasteiger partial charge in [-0.05, 0) is 60.2 Å². The number of para-hydroxylation sites is 3. The smallest absolute Gasteiger partial charge is 0.0629 e. The highest BCUT2D eigenvalue weighted by Gasteiger charge is 2.37. The number of benzene rings is 5. The van der Waals surface area contributed by atoms with E-state index in [1.165, 1.54) is 66.2 Å². The van der Waals surface area contributed by atoms with Crippen LogP contribution in [0, 0.1) is 0 Å². The van der Waals surface area contributed by atoms with Crippen molar-refractivity contribution in [1.82, 2.24) is 9.13 Å². The van der Waals surface area contributed by atoms with E-state index in [1.807, 2.05) is 0 Å². The molecule has 0 N–H and O–H groups in total. The lowest BCUT2D eigenvalue weighted by Crippen LogP contribution is -2.28. The fraction of sp³-hybridized carbons (Fsp3) is 0.0811. The van der Waals surface area contributed by atoms with Crippen LogP contribution < -0.4 is 4.90 Å². The summed E-state index contributed by atoms with van der Waals surface area (Å²) >= 11 is 0. The Labute approximate surface area is 232 Å². The summed E-state index contributed by atoms with van der Waals surface area (Å²) in [5, 5.41) is 5.14. The second-order valence-corrected chi connectivity index (χ2v) is 11.0. The Morgan fingerprint density at radius 1 is 0.525 bits per heavy atom. The highest BCUT2D eigenvalue weighted by Crippen LogP contribution is 2.48. The Balaban J connectivity index is 1.28. The van der Waals surface area contributed by atoms with Gasteiger partial charge in [-0.25, -0.2) is 0 Å². The van der Waals surface area contributed by atoms with Crippen LogP contribution in [0.2, 0.25) is 0 Å². The maximum absolute atomic E-state index is 2.52. The number of anilines is 2. The molecule has 2 aromatic heterocycles. The molecule has 0 radical (unpaired) electrons. The number of allylic oxidation sites excluding steroid dienone is 2. The van der Waals surface area contributed by atoms with Crippen LogP contribution in [-0.2, 0) is 7.05 Å². The molecule has 190 valence electrons. The Kier molecular flexibility index (Phi) is 4.37. The lowest BCUT2D eigenvalue weighted by molar-refractivity contribution is 0.745. The van der Waals surface area contributed by atoms with Gasteiger partial charge in [-0.1, -0.05) is 78.9 Å². The van der Waals surface area contributed by atoms with Gasteiger partial charge in [0, 0.05) is 62.6 Å². The Bertz CT molecular complexity index is 2150. The summed E-state index contributed by atoms with van der Waals surface area (Å²) in [7, 11) is 2.18. The number of hydrogen-bond donors (Lipinski definition) is 0. The first-order valence-electron chi connectivity index (χ1n) is 14.0. The maximum Gasteiger partial charge on any atom is 0.0629 e. The molecule has 0 bridgehead atoms. The quantitative estimate of drug-likeness (QED) is 0.225. The number of nitrogens with zero attached hydrogens (tertiary/aromatic N) is 3. The van der Waals surface area contributed by atoms with Gasteiger partial charge in [0.1, 0.15) is 0 Å². The maximum atomic E-state index is 2.52. The van der Waals surface area contributed by atoms with Gasteiger partial charge in [0.05, 0.1) is 17.1 Å². The fourth-order valence-corrected chi connectivity index (χ4v) is 7.27. The van der Waals surface area contributed by atoms with Crippen molar-refractivity contribution < 1.29 is 0 Å². The van der Waals surface area contributed by atoms with E-state index in [1.54, 1.807) is 0 Å². The van der Waals surface area contributed by atoms with E-state index in [-0.39, 0.29) is 0 Å². The highest BCUT2D eigenvalue weighted by atomic mass is 15.2. The van der Waals surface area contributed by atoms with Crippen LogP contribution in [-0.4, -0.2) is 15.2 Å². The Morgan fingerprint density at radius 2 is 1.12 bits per heavy atom. The third kappa shape index (κ3) is 2.84. The molecule has 0 fully saturated rings. The average molecular weight is 514 g/mol. The number of fused-ring (bicyclic) bond motifs is 9. The summed E-state index contributed by atoms with van der Waals surface area (Å²) in [5.74, 6) is 0.381. The molecular formula is C37H27N3. The van der Waals surface area contributed by atoms with Crippen molar-refractivity contribution in [1.29, 1.82) is 0 Å². The Morgan fingerprint density at radius 3 is 1.88 bits per heavy atom. The van der Waals surface area contributed by atoms with Crippen LogP contribution >= 0.6 is 0 Å². The van der Waals surface area contributed by atoms with E-state index < -0.39 is 0 Å². The molecule has 2 atom stereocenters. The topological polar surface area (TPSA) is 13.1 Å². The number of rotatable bonds is 2. The molecule has 3 heteroatoms. The molecule has 2 aliphatic rings. The molecule has 5 aromatic carbocycles. The molecule has 1 aliphatic heterocycles. The lowest BCUT2D eigenvalue weighted by Gasteiger charge is -2.28. The Hall–Kier alpha value is -5.02. The molecule has 3 nitrogen and oxygen atoms in total. The minimum Gasteiger partial charge on any atom is -0.344 e. The van der Waals surface area contributed by atoms with Gasteiger partial charge < -0.3 is 14.0 Å². The number of aryl methyl sites for hydroxylation is 1. The van der Waals surface area contributed by atoms with Crippen LogP contribution in [0.3, 0.4) is 0 Å². The second-order valence-electron chi connectivity index (χ2n) is 11.0.